The number of pyridine rings is 1. The lowest BCUT2D eigenvalue weighted by atomic mass is 10.2. The van der Waals surface area contributed by atoms with Gasteiger partial charge in [0.1, 0.15) is 11.9 Å². The number of nitro groups is 1. The Morgan fingerprint density at radius 2 is 2.31 bits per heavy atom. The minimum atomic E-state index is -2.88. The Balaban J connectivity index is 3.46. The Hall–Kier alpha value is -1.50. The van der Waals surface area contributed by atoms with Gasteiger partial charge in [-0.2, -0.15) is 0 Å². The van der Waals surface area contributed by atoms with E-state index in [4.69, 9.17) is 11.6 Å². The summed E-state index contributed by atoms with van der Waals surface area (Å²) in [4.78, 5) is 13.1. The predicted octanol–water partition coefficient (Wildman–Crippen LogP) is 2.67. The van der Waals surface area contributed by atoms with Crippen LogP contribution >= 0.6 is 11.6 Å². The fourth-order valence-corrected chi connectivity index (χ4v) is 1.47. The van der Waals surface area contributed by atoms with E-state index >= 15 is 0 Å². The minimum Gasteiger partial charge on any atom is -0.494 e. The van der Waals surface area contributed by atoms with Crippen molar-refractivity contribution in [1.29, 1.82) is 0 Å². The largest absolute Gasteiger partial charge is 0.494 e. The van der Waals surface area contributed by atoms with E-state index in [2.05, 4.69) is 9.72 Å². The molecule has 0 spiro atoms. The average Bonchev–Trinajstić information content (AvgIpc) is 2.26. The maximum absolute atomic E-state index is 12.5. The summed E-state index contributed by atoms with van der Waals surface area (Å²) in [7, 11) is 1.13. The minimum absolute atomic E-state index is 0.0977. The van der Waals surface area contributed by atoms with E-state index in [0.717, 1.165) is 13.3 Å². The van der Waals surface area contributed by atoms with Crippen LogP contribution in [0.2, 0.25) is 0 Å². The Morgan fingerprint density at radius 3 is 2.69 bits per heavy atom. The van der Waals surface area contributed by atoms with Crippen LogP contribution in [0.25, 0.3) is 0 Å². The van der Waals surface area contributed by atoms with Gasteiger partial charge in [-0.25, -0.2) is 13.8 Å². The van der Waals surface area contributed by atoms with Crippen molar-refractivity contribution in [3.8, 4) is 5.75 Å². The molecule has 88 valence electrons. The molecule has 1 heterocycles. The van der Waals surface area contributed by atoms with Crippen molar-refractivity contribution in [2.24, 2.45) is 0 Å². The van der Waals surface area contributed by atoms with E-state index < -0.39 is 22.7 Å². The van der Waals surface area contributed by atoms with Crippen molar-refractivity contribution < 1.29 is 18.4 Å². The first kappa shape index (κ1) is 12.6. The molecule has 0 fully saturated rings. The molecule has 0 atom stereocenters. The molecule has 8 heteroatoms. The monoisotopic (exact) mass is 252 g/mol. The summed E-state index contributed by atoms with van der Waals surface area (Å²) in [6.45, 7) is 0. The van der Waals surface area contributed by atoms with Crippen LogP contribution in [-0.4, -0.2) is 17.0 Å². The summed E-state index contributed by atoms with van der Waals surface area (Å²) in [6, 6.07) is 0. The van der Waals surface area contributed by atoms with E-state index in [1.165, 1.54) is 0 Å². The summed E-state index contributed by atoms with van der Waals surface area (Å²) in [5.74, 6) is -0.638. The highest BCUT2D eigenvalue weighted by Crippen LogP contribution is 2.36. The summed E-state index contributed by atoms with van der Waals surface area (Å²) in [6.07, 6.45) is -2.13. The van der Waals surface area contributed by atoms with Crippen molar-refractivity contribution in [2.45, 2.75) is 12.3 Å². The molecule has 0 aliphatic carbocycles. The fraction of sp³-hybridized carbons (Fsp3) is 0.375. The van der Waals surface area contributed by atoms with E-state index in [1.807, 2.05) is 0 Å². The van der Waals surface area contributed by atoms with Crippen LogP contribution in [0, 0.1) is 10.1 Å². The quantitative estimate of drug-likeness (QED) is 0.469. The number of hydrogen-bond acceptors (Lipinski definition) is 4. The van der Waals surface area contributed by atoms with E-state index in [1.54, 1.807) is 0 Å². The molecule has 0 N–H and O–H groups in total. The average molecular weight is 253 g/mol. The SMILES string of the molecule is COc1c(C(F)F)ncc([N+](=O)[O-])c1CCl. The second-order valence-corrected chi connectivity index (χ2v) is 3.00. The van der Waals surface area contributed by atoms with Crippen molar-refractivity contribution in [1.82, 2.24) is 4.98 Å². The van der Waals surface area contributed by atoms with E-state index in [-0.39, 0.29) is 17.2 Å². The molecule has 0 unspecified atom stereocenters. The molecule has 0 bridgehead atoms. The van der Waals surface area contributed by atoms with Crippen LogP contribution in [0.3, 0.4) is 0 Å². The van der Waals surface area contributed by atoms with E-state index in [9.17, 15) is 18.9 Å². The normalized spacial score (nSPS) is 10.6. The lowest BCUT2D eigenvalue weighted by Crippen LogP contribution is -2.04. The molecule has 0 amide bonds. The predicted molar refractivity (Wildman–Crippen MR) is 52.0 cm³/mol. The van der Waals surface area contributed by atoms with E-state index in [0.29, 0.717) is 0 Å². The Morgan fingerprint density at radius 1 is 1.69 bits per heavy atom. The van der Waals surface area contributed by atoms with Crippen LogP contribution in [0.15, 0.2) is 6.20 Å². The third-order valence-electron chi connectivity index (χ3n) is 1.88. The van der Waals surface area contributed by atoms with Crippen LogP contribution < -0.4 is 4.74 Å². The Labute approximate surface area is 94.1 Å². The molecular weight excluding hydrogens is 246 g/mol. The maximum atomic E-state index is 12.5. The molecule has 0 radical (unpaired) electrons. The molecule has 0 aliphatic rings. The molecule has 1 aromatic heterocycles. The molecule has 1 aromatic rings. The second-order valence-electron chi connectivity index (χ2n) is 2.73. The van der Waals surface area contributed by atoms with Crippen molar-refractivity contribution >= 4 is 17.3 Å². The van der Waals surface area contributed by atoms with Gasteiger partial charge in [0, 0.05) is 0 Å². The molecule has 0 saturated carbocycles. The number of alkyl halides is 3. The van der Waals surface area contributed by atoms with Gasteiger partial charge in [0.05, 0.1) is 23.5 Å². The van der Waals surface area contributed by atoms with Gasteiger partial charge < -0.3 is 4.74 Å². The van der Waals surface area contributed by atoms with Gasteiger partial charge in [-0.3, -0.25) is 10.1 Å². The number of methoxy groups -OCH3 is 1. The van der Waals surface area contributed by atoms with Gasteiger partial charge in [0.15, 0.2) is 5.75 Å². The molecule has 0 saturated heterocycles. The van der Waals surface area contributed by atoms with Crippen molar-refractivity contribution in [3.05, 3.63) is 27.6 Å². The zero-order valence-corrected chi connectivity index (χ0v) is 8.87. The number of ether oxygens (including phenoxy) is 1. The zero-order valence-electron chi connectivity index (χ0n) is 8.11. The molecule has 16 heavy (non-hydrogen) atoms. The first-order valence-corrected chi connectivity index (χ1v) is 4.60. The van der Waals surface area contributed by atoms with Gasteiger partial charge in [0.2, 0.25) is 0 Å². The van der Waals surface area contributed by atoms with Gasteiger partial charge >= 0.3 is 0 Å². The van der Waals surface area contributed by atoms with Gasteiger partial charge in [0.25, 0.3) is 12.1 Å². The number of rotatable bonds is 4. The van der Waals surface area contributed by atoms with Crippen LogP contribution in [0.1, 0.15) is 17.7 Å². The van der Waals surface area contributed by atoms with Crippen molar-refractivity contribution in [3.63, 3.8) is 0 Å². The second kappa shape index (κ2) is 5.02. The fourth-order valence-electron chi connectivity index (χ4n) is 1.21. The van der Waals surface area contributed by atoms with Gasteiger partial charge in [-0.1, -0.05) is 0 Å². The highest BCUT2D eigenvalue weighted by molar-refractivity contribution is 6.17. The summed E-state index contributed by atoms with van der Waals surface area (Å²) in [5, 5.41) is 10.6. The topological polar surface area (TPSA) is 65.3 Å². The molecule has 0 aliphatic heterocycles. The van der Waals surface area contributed by atoms with Crippen LogP contribution in [0.5, 0.6) is 5.75 Å². The first-order valence-electron chi connectivity index (χ1n) is 4.07. The summed E-state index contributed by atoms with van der Waals surface area (Å²) in [5.41, 5.74) is -1.18. The lowest BCUT2D eigenvalue weighted by Gasteiger charge is -2.10. The first-order chi connectivity index (χ1) is 7.52. The van der Waals surface area contributed by atoms with Crippen LogP contribution in [-0.2, 0) is 5.88 Å². The Kier molecular flexibility index (Phi) is 3.94. The van der Waals surface area contributed by atoms with Gasteiger partial charge in [-0.15, -0.1) is 11.6 Å². The third-order valence-corrected chi connectivity index (χ3v) is 2.15. The number of nitrogens with zero attached hydrogens (tertiary/aromatic N) is 2. The standard InChI is InChI=1S/C8H7ClF2N2O3/c1-16-7-4(2-9)5(13(14)15)3-12-6(7)8(10)11/h3,8H,2H2,1H3. The smallest absolute Gasteiger partial charge is 0.295 e. The lowest BCUT2D eigenvalue weighted by molar-refractivity contribution is -0.385. The molecular formula is C8H7ClF2N2O3. The zero-order chi connectivity index (χ0) is 12.3. The highest BCUT2D eigenvalue weighted by atomic mass is 35.5. The maximum Gasteiger partial charge on any atom is 0.295 e. The van der Waals surface area contributed by atoms with Gasteiger partial charge in [-0.05, 0) is 0 Å². The summed E-state index contributed by atoms with van der Waals surface area (Å²) >= 11 is 5.48. The molecule has 0 aromatic carbocycles. The Bertz CT molecular complexity index is 415. The van der Waals surface area contributed by atoms with Crippen LogP contribution in [0.4, 0.5) is 14.5 Å². The molecule has 1 rings (SSSR count). The highest BCUT2D eigenvalue weighted by Gasteiger charge is 2.26. The van der Waals surface area contributed by atoms with Crippen molar-refractivity contribution in [2.75, 3.05) is 7.11 Å². The summed E-state index contributed by atoms with van der Waals surface area (Å²) < 4.78 is 29.7. The number of aromatic nitrogens is 1. The third kappa shape index (κ3) is 2.19. The number of halogens is 3. The molecule has 5 nitrogen and oxygen atoms in total. The number of hydrogen-bond donors (Lipinski definition) is 0.